The Morgan fingerprint density at radius 1 is 0.897 bits per heavy atom. The zero-order chi connectivity index (χ0) is 20.4. The van der Waals surface area contributed by atoms with Gasteiger partial charge in [0.1, 0.15) is 0 Å². The summed E-state index contributed by atoms with van der Waals surface area (Å²) in [6, 6.07) is 23.8. The Balaban J connectivity index is 1.90. The van der Waals surface area contributed by atoms with E-state index in [1.807, 2.05) is 85.8 Å². The van der Waals surface area contributed by atoms with E-state index in [-0.39, 0.29) is 5.78 Å². The summed E-state index contributed by atoms with van der Waals surface area (Å²) in [5.41, 5.74) is 5.12. The van der Waals surface area contributed by atoms with Gasteiger partial charge >= 0.3 is 0 Å². The summed E-state index contributed by atoms with van der Waals surface area (Å²) >= 11 is 6.99. The van der Waals surface area contributed by atoms with Crippen LogP contribution in [-0.4, -0.2) is 10.8 Å². The molecule has 0 fully saturated rings. The highest BCUT2D eigenvalue weighted by Gasteiger charge is 2.19. The summed E-state index contributed by atoms with van der Waals surface area (Å²) in [4.78, 5) is 18.0. The van der Waals surface area contributed by atoms with Gasteiger partial charge in [0.2, 0.25) is 0 Å². The molecule has 0 N–H and O–H groups in total. The number of carbonyl (C=O) groups excluding carboxylic acids is 1. The monoisotopic (exact) mass is 505 g/mol. The average molecular weight is 507 g/mol. The van der Waals surface area contributed by atoms with Gasteiger partial charge < -0.3 is 0 Å². The highest BCUT2D eigenvalue weighted by molar-refractivity contribution is 9.10. The van der Waals surface area contributed by atoms with Gasteiger partial charge in [0.05, 0.1) is 11.1 Å². The number of halogens is 2. The Bertz CT molecular complexity index is 1230. The van der Waals surface area contributed by atoms with Gasteiger partial charge in [-0.1, -0.05) is 80.4 Å². The van der Waals surface area contributed by atoms with Crippen molar-refractivity contribution >= 4 is 54.6 Å². The average Bonchev–Trinajstić information content (AvgIpc) is 2.73. The lowest BCUT2D eigenvalue weighted by Crippen LogP contribution is -2.05. The van der Waals surface area contributed by atoms with Crippen LogP contribution in [0.25, 0.3) is 28.1 Å². The second kappa shape index (κ2) is 8.44. The van der Waals surface area contributed by atoms with E-state index in [4.69, 9.17) is 4.98 Å². The van der Waals surface area contributed by atoms with Gasteiger partial charge in [-0.05, 0) is 54.5 Å². The third-order valence-corrected chi connectivity index (χ3v) is 5.76. The number of pyridine rings is 1. The summed E-state index contributed by atoms with van der Waals surface area (Å²) in [7, 11) is 0. The molecule has 0 bridgehead atoms. The molecule has 0 atom stereocenters. The number of aromatic nitrogens is 1. The summed E-state index contributed by atoms with van der Waals surface area (Å²) < 4.78 is 1.96. The number of nitrogens with zero attached hydrogens (tertiary/aromatic N) is 1. The largest absolute Gasteiger partial charge is 0.289 e. The number of hydrogen-bond donors (Lipinski definition) is 0. The summed E-state index contributed by atoms with van der Waals surface area (Å²) in [6.07, 6.45) is 3.47. The van der Waals surface area contributed by atoms with E-state index in [1.165, 1.54) is 0 Å². The predicted molar refractivity (Wildman–Crippen MR) is 127 cm³/mol. The summed E-state index contributed by atoms with van der Waals surface area (Å²) in [5.74, 6) is -0.0568. The van der Waals surface area contributed by atoms with Crippen LogP contribution in [0.15, 0.2) is 87.8 Å². The van der Waals surface area contributed by atoms with E-state index < -0.39 is 0 Å². The molecule has 4 heteroatoms. The van der Waals surface area contributed by atoms with Gasteiger partial charge in [-0.3, -0.25) is 9.78 Å². The molecule has 0 aliphatic heterocycles. The lowest BCUT2D eigenvalue weighted by molar-refractivity contribution is 0.104. The number of carbonyl (C=O) groups is 1. The van der Waals surface area contributed by atoms with Crippen molar-refractivity contribution in [2.75, 3.05) is 0 Å². The fourth-order valence-corrected chi connectivity index (χ4v) is 4.02. The molecule has 142 valence electrons. The van der Waals surface area contributed by atoms with Crippen LogP contribution in [0.1, 0.15) is 21.6 Å². The zero-order valence-electron chi connectivity index (χ0n) is 15.7. The smallest absolute Gasteiger partial charge is 0.188 e. The normalized spacial score (nSPS) is 11.3. The summed E-state index contributed by atoms with van der Waals surface area (Å²) in [5, 5.41) is 0.955. The molecule has 3 aromatic carbocycles. The Labute approximate surface area is 186 Å². The molecule has 1 heterocycles. The molecule has 0 aliphatic rings. The van der Waals surface area contributed by atoms with E-state index in [0.717, 1.165) is 42.2 Å². The van der Waals surface area contributed by atoms with Gasteiger partial charge in [-0.2, -0.15) is 0 Å². The molecule has 4 aromatic rings. The third-order valence-electron chi connectivity index (χ3n) is 4.73. The molecule has 0 aliphatic carbocycles. The van der Waals surface area contributed by atoms with Gasteiger partial charge in [-0.15, -0.1) is 0 Å². The third kappa shape index (κ3) is 4.24. The molecule has 29 heavy (non-hydrogen) atoms. The molecule has 4 rings (SSSR count). The van der Waals surface area contributed by atoms with Gasteiger partial charge in [0.15, 0.2) is 5.78 Å². The minimum Gasteiger partial charge on any atom is -0.289 e. The van der Waals surface area contributed by atoms with Crippen molar-refractivity contribution in [1.82, 2.24) is 4.98 Å². The van der Waals surface area contributed by atoms with E-state index in [0.29, 0.717) is 5.56 Å². The molecule has 1 aromatic heterocycles. The molecule has 0 saturated heterocycles. The number of benzene rings is 3. The van der Waals surface area contributed by atoms with Crippen molar-refractivity contribution < 1.29 is 4.79 Å². The van der Waals surface area contributed by atoms with Gasteiger partial charge in [-0.25, -0.2) is 0 Å². The maximum absolute atomic E-state index is 13.3. The van der Waals surface area contributed by atoms with Crippen LogP contribution >= 0.6 is 31.9 Å². The predicted octanol–water partition coefficient (Wildman–Crippen LogP) is 7.63. The number of allylic oxidation sites excluding steroid dienone is 1. The van der Waals surface area contributed by atoms with E-state index in [2.05, 4.69) is 31.9 Å². The lowest BCUT2D eigenvalue weighted by atomic mass is 9.92. The molecule has 0 unspecified atom stereocenters. The van der Waals surface area contributed by atoms with Crippen molar-refractivity contribution in [1.29, 1.82) is 0 Å². The topological polar surface area (TPSA) is 30.0 Å². The fourth-order valence-electron chi connectivity index (χ4n) is 3.39. The number of hydrogen-bond acceptors (Lipinski definition) is 2. The highest BCUT2D eigenvalue weighted by Crippen LogP contribution is 2.35. The minimum absolute atomic E-state index is 0.0568. The molecular weight excluding hydrogens is 490 g/mol. The minimum atomic E-state index is -0.0568. The molecular formula is C25H17Br2NO. The number of aryl methyl sites for hydroxylation is 1. The second-order valence-electron chi connectivity index (χ2n) is 6.72. The van der Waals surface area contributed by atoms with E-state index in [1.54, 1.807) is 6.08 Å². The number of rotatable bonds is 4. The Kier molecular flexibility index (Phi) is 5.74. The Morgan fingerprint density at radius 2 is 1.59 bits per heavy atom. The van der Waals surface area contributed by atoms with Crippen molar-refractivity contribution in [3.63, 3.8) is 0 Å². The van der Waals surface area contributed by atoms with Crippen LogP contribution in [0, 0.1) is 6.92 Å². The number of ketones is 1. The maximum atomic E-state index is 13.3. The first-order valence-electron chi connectivity index (χ1n) is 9.16. The van der Waals surface area contributed by atoms with Gasteiger partial charge in [0, 0.05) is 25.6 Å². The lowest BCUT2D eigenvalue weighted by Gasteiger charge is -2.14. The van der Waals surface area contributed by atoms with Crippen molar-refractivity contribution in [2.45, 2.75) is 6.92 Å². The van der Waals surface area contributed by atoms with Gasteiger partial charge in [0.25, 0.3) is 0 Å². The van der Waals surface area contributed by atoms with E-state index in [9.17, 15) is 4.79 Å². The zero-order valence-corrected chi connectivity index (χ0v) is 18.9. The number of fused-ring (bicyclic) bond motifs is 1. The van der Waals surface area contributed by atoms with Crippen molar-refractivity contribution in [2.24, 2.45) is 0 Å². The first-order valence-corrected chi connectivity index (χ1v) is 10.7. The van der Waals surface area contributed by atoms with Crippen molar-refractivity contribution in [3.8, 4) is 11.1 Å². The standard InChI is InChI=1S/C25H17Br2NO/c1-16-24(23(29)14-9-17-7-10-19(26)11-8-17)25(18-5-3-2-4-6-18)21-15-20(27)12-13-22(21)28-16/h2-15H,1H3. The quantitative estimate of drug-likeness (QED) is 0.210. The highest BCUT2D eigenvalue weighted by atomic mass is 79.9. The molecule has 2 nitrogen and oxygen atoms in total. The SMILES string of the molecule is Cc1nc2ccc(Br)cc2c(-c2ccccc2)c1C(=O)C=Cc1ccc(Br)cc1. The molecule has 0 radical (unpaired) electrons. The summed E-state index contributed by atoms with van der Waals surface area (Å²) in [6.45, 7) is 1.90. The van der Waals surface area contributed by atoms with Crippen LogP contribution in [0.4, 0.5) is 0 Å². The first kappa shape index (κ1) is 19.7. The second-order valence-corrected chi connectivity index (χ2v) is 8.56. The molecule has 0 amide bonds. The van der Waals surface area contributed by atoms with Crippen LogP contribution in [0.5, 0.6) is 0 Å². The van der Waals surface area contributed by atoms with Crippen LogP contribution in [0.3, 0.4) is 0 Å². The van der Waals surface area contributed by atoms with Crippen molar-refractivity contribution in [3.05, 3.63) is 105 Å². The Morgan fingerprint density at radius 3 is 2.31 bits per heavy atom. The van der Waals surface area contributed by atoms with Crippen LogP contribution in [-0.2, 0) is 0 Å². The first-order chi connectivity index (χ1) is 14.0. The van der Waals surface area contributed by atoms with Crippen LogP contribution in [0.2, 0.25) is 0 Å². The van der Waals surface area contributed by atoms with E-state index >= 15 is 0 Å². The van der Waals surface area contributed by atoms with Crippen LogP contribution < -0.4 is 0 Å². The Hall–Kier alpha value is -2.56. The molecule has 0 saturated carbocycles. The maximum Gasteiger partial charge on any atom is 0.188 e. The molecule has 0 spiro atoms. The fraction of sp³-hybridized carbons (Fsp3) is 0.0400.